The maximum atomic E-state index is 10.7. The fourth-order valence-corrected chi connectivity index (χ4v) is 1.83. The van der Waals surface area contributed by atoms with Crippen molar-refractivity contribution in [2.45, 2.75) is 19.9 Å². The SMILES string of the molecule is CC(=O)NC(C)CS(C)(=O)=O. The Hall–Kier alpha value is -0.580. The van der Waals surface area contributed by atoms with Crippen LogP contribution < -0.4 is 5.32 Å². The maximum Gasteiger partial charge on any atom is 0.217 e. The lowest BCUT2D eigenvalue weighted by molar-refractivity contribution is -0.119. The highest BCUT2D eigenvalue weighted by molar-refractivity contribution is 7.90. The Morgan fingerprint density at radius 2 is 2.00 bits per heavy atom. The maximum absolute atomic E-state index is 10.7. The van der Waals surface area contributed by atoms with Crippen LogP contribution in [0.5, 0.6) is 0 Å². The molecule has 0 radical (unpaired) electrons. The van der Waals surface area contributed by atoms with Crippen molar-refractivity contribution < 1.29 is 13.2 Å². The molecule has 0 saturated heterocycles. The Morgan fingerprint density at radius 3 is 2.27 bits per heavy atom. The van der Waals surface area contributed by atoms with Crippen LogP contribution in [0.1, 0.15) is 13.8 Å². The van der Waals surface area contributed by atoms with E-state index in [2.05, 4.69) is 5.32 Å². The molecule has 0 aliphatic heterocycles. The zero-order valence-corrected chi connectivity index (χ0v) is 7.73. The van der Waals surface area contributed by atoms with Crippen molar-refractivity contribution in [3.05, 3.63) is 0 Å². The Labute approximate surface area is 66.9 Å². The minimum absolute atomic E-state index is 0.00736. The van der Waals surface area contributed by atoms with Crippen LogP contribution in [0, 0.1) is 0 Å². The summed E-state index contributed by atoms with van der Waals surface area (Å²) >= 11 is 0. The fourth-order valence-electron chi connectivity index (χ4n) is 0.843. The largest absolute Gasteiger partial charge is 0.353 e. The van der Waals surface area contributed by atoms with Crippen molar-refractivity contribution in [1.82, 2.24) is 5.32 Å². The topological polar surface area (TPSA) is 63.2 Å². The van der Waals surface area contributed by atoms with Crippen LogP contribution in [0.3, 0.4) is 0 Å². The minimum Gasteiger partial charge on any atom is -0.353 e. The van der Waals surface area contributed by atoms with E-state index in [9.17, 15) is 13.2 Å². The summed E-state index contributed by atoms with van der Waals surface area (Å²) in [5, 5.41) is 2.48. The second-order valence-corrected chi connectivity index (χ2v) is 4.88. The van der Waals surface area contributed by atoms with Crippen molar-refractivity contribution >= 4 is 15.7 Å². The van der Waals surface area contributed by atoms with Crippen molar-refractivity contribution in [3.8, 4) is 0 Å². The van der Waals surface area contributed by atoms with Crippen molar-refractivity contribution in [1.29, 1.82) is 0 Å². The second-order valence-electron chi connectivity index (χ2n) is 2.69. The molecule has 0 aliphatic carbocycles. The monoisotopic (exact) mass is 179 g/mol. The average Bonchev–Trinajstić information content (AvgIpc) is 1.53. The molecule has 1 unspecified atom stereocenters. The molecule has 1 N–H and O–H groups in total. The minimum atomic E-state index is -2.98. The normalized spacial score (nSPS) is 14.1. The van der Waals surface area contributed by atoms with Crippen LogP contribution in [-0.2, 0) is 14.6 Å². The van der Waals surface area contributed by atoms with E-state index in [1.165, 1.54) is 6.92 Å². The Kier molecular flexibility index (Phi) is 3.51. The van der Waals surface area contributed by atoms with Gasteiger partial charge in [-0.2, -0.15) is 0 Å². The van der Waals surface area contributed by atoms with E-state index in [1.807, 2.05) is 0 Å². The highest BCUT2D eigenvalue weighted by Gasteiger charge is 2.10. The molecule has 0 rings (SSSR count). The van der Waals surface area contributed by atoms with Crippen molar-refractivity contribution in [2.75, 3.05) is 12.0 Å². The first-order valence-corrected chi connectivity index (χ1v) is 5.32. The second kappa shape index (κ2) is 3.71. The number of carbonyl (C=O) groups is 1. The fraction of sp³-hybridized carbons (Fsp3) is 0.833. The van der Waals surface area contributed by atoms with Gasteiger partial charge in [-0.1, -0.05) is 0 Å². The van der Waals surface area contributed by atoms with Gasteiger partial charge in [0, 0.05) is 19.2 Å². The van der Waals surface area contributed by atoms with E-state index >= 15 is 0 Å². The quantitative estimate of drug-likeness (QED) is 0.638. The molecule has 0 spiro atoms. The molecule has 0 aromatic carbocycles. The zero-order valence-electron chi connectivity index (χ0n) is 6.92. The number of hydrogen-bond acceptors (Lipinski definition) is 3. The average molecular weight is 179 g/mol. The third-order valence-electron chi connectivity index (χ3n) is 1.00. The summed E-state index contributed by atoms with van der Waals surface area (Å²) in [6.07, 6.45) is 1.14. The summed E-state index contributed by atoms with van der Waals surface area (Å²) in [7, 11) is -2.98. The molecule has 0 saturated carbocycles. The Bertz CT molecular complexity index is 232. The van der Waals surface area contributed by atoms with Crippen LogP contribution >= 0.6 is 0 Å². The van der Waals surface area contributed by atoms with Gasteiger partial charge in [0.25, 0.3) is 0 Å². The molecule has 1 amide bonds. The summed E-state index contributed by atoms with van der Waals surface area (Å²) in [5.74, 6) is -0.215. The van der Waals surface area contributed by atoms with Gasteiger partial charge in [0.2, 0.25) is 5.91 Å². The van der Waals surface area contributed by atoms with Crippen LogP contribution in [-0.4, -0.2) is 32.4 Å². The predicted molar refractivity (Wildman–Crippen MR) is 43.0 cm³/mol. The number of hydrogen-bond donors (Lipinski definition) is 1. The number of sulfone groups is 1. The molecular weight excluding hydrogens is 166 g/mol. The molecule has 0 aliphatic rings. The van der Waals surface area contributed by atoms with Crippen LogP contribution in [0.2, 0.25) is 0 Å². The number of carbonyl (C=O) groups excluding carboxylic acids is 1. The zero-order chi connectivity index (χ0) is 9.07. The molecule has 66 valence electrons. The smallest absolute Gasteiger partial charge is 0.217 e. The van der Waals surface area contributed by atoms with Gasteiger partial charge in [0.1, 0.15) is 9.84 Å². The van der Waals surface area contributed by atoms with Gasteiger partial charge < -0.3 is 5.32 Å². The van der Waals surface area contributed by atoms with Gasteiger partial charge in [0.05, 0.1) is 5.75 Å². The van der Waals surface area contributed by atoms with Crippen LogP contribution in [0.4, 0.5) is 0 Å². The van der Waals surface area contributed by atoms with Gasteiger partial charge >= 0.3 is 0 Å². The van der Waals surface area contributed by atoms with Crippen LogP contribution in [0.15, 0.2) is 0 Å². The molecule has 0 heterocycles. The predicted octanol–water partition coefficient (Wildman–Crippen LogP) is -0.444. The Balaban J connectivity index is 3.89. The highest BCUT2D eigenvalue weighted by Crippen LogP contribution is 1.89. The van der Waals surface area contributed by atoms with Gasteiger partial charge in [0.15, 0.2) is 0 Å². The lowest BCUT2D eigenvalue weighted by Gasteiger charge is -2.09. The molecule has 1 atom stereocenters. The summed E-state index contributed by atoms with van der Waals surface area (Å²) in [6.45, 7) is 3.02. The molecule has 5 heteroatoms. The lowest BCUT2D eigenvalue weighted by atomic mass is 10.4. The van der Waals surface area contributed by atoms with Gasteiger partial charge in [-0.05, 0) is 6.92 Å². The van der Waals surface area contributed by atoms with E-state index < -0.39 is 9.84 Å². The molecular formula is C6H13NO3S. The van der Waals surface area contributed by atoms with Crippen LogP contribution in [0.25, 0.3) is 0 Å². The number of amides is 1. The molecule has 0 aromatic rings. The molecule has 0 bridgehead atoms. The van der Waals surface area contributed by atoms with Gasteiger partial charge in [-0.15, -0.1) is 0 Å². The number of rotatable bonds is 3. The van der Waals surface area contributed by atoms with Gasteiger partial charge in [-0.3, -0.25) is 4.79 Å². The molecule has 11 heavy (non-hydrogen) atoms. The first-order chi connectivity index (χ1) is 4.81. The Morgan fingerprint density at radius 1 is 1.55 bits per heavy atom. The highest BCUT2D eigenvalue weighted by atomic mass is 32.2. The third-order valence-corrected chi connectivity index (χ3v) is 2.11. The first kappa shape index (κ1) is 10.4. The van der Waals surface area contributed by atoms with Crippen molar-refractivity contribution in [2.24, 2.45) is 0 Å². The van der Waals surface area contributed by atoms with E-state index in [0.29, 0.717) is 0 Å². The summed E-state index contributed by atoms with van der Waals surface area (Å²) in [6, 6.07) is -0.303. The summed E-state index contributed by atoms with van der Waals surface area (Å²) in [5.41, 5.74) is 0. The molecule has 0 aromatic heterocycles. The van der Waals surface area contributed by atoms with Crippen molar-refractivity contribution in [3.63, 3.8) is 0 Å². The lowest BCUT2D eigenvalue weighted by Crippen LogP contribution is -2.35. The van der Waals surface area contributed by atoms with Gasteiger partial charge in [-0.25, -0.2) is 8.42 Å². The van der Waals surface area contributed by atoms with E-state index in [0.717, 1.165) is 6.26 Å². The van der Waals surface area contributed by atoms with E-state index in [-0.39, 0.29) is 17.7 Å². The summed E-state index contributed by atoms with van der Waals surface area (Å²) in [4.78, 5) is 10.4. The number of nitrogens with one attached hydrogen (secondary N) is 1. The molecule has 0 fully saturated rings. The third kappa shape index (κ3) is 7.32. The van der Waals surface area contributed by atoms with E-state index in [4.69, 9.17) is 0 Å². The first-order valence-electron chi connectivity index (χ1n) is 3.26. The standard InChI is InChI=1S/C6H13NO3S/c1-5(7-6(2)8)4-11(3,9)10/h5H,4H2,1-3H3,(H,7,8). The summed E-state index contributed by atoms with van der Waals surface area (Å²) < 4.78 is 21.3. The van der Waals surface area contributed by atoms with E-state index in [1.54, 1.807) is 6.92 Å². The molecule has 4 nitrogen and oxygen atoms in total.